The fraction of sp³-hybridized carbons (Fsp3) is 0.600. The van der Waals surface area contributed by atoms with Crippen LogP contribution in [0.2, 0.25) is 0 Å². The number of nitrogens with zero attached hydrogens (tertiary/aromatic N) is 2. The van der Waals surface area contributed by atoms with E-state index in [4.69, 9.17) is 0 Å². The summed E-state index contributed by atoms with van der Waals surface area (Å²) in [5, 5.41) is 0. The van der Waals surface area contributed by atoms with Crippen molar-refractivity contribution in [3.63, 3.8) is 0 Å². The van der Waals surface area contributed by atoms with Gasteiger partial charge in [0.1, 0.15) is 5.82 Å². The van der Waals surface area contributed by atoms with Crippen molar-refractivity contribution in [2.45, 2.75) is 38.5 Å². The molecule has 0 spiro atoms. The predicted octanol–water partition coefficient (Wildman–Crippen LogP) is 3.24. The summed E-state index contributed by atoms with van der Waals surface area (Å²) < 4.78 is 1.03. The first-order valence-electron chi connectivity index (χ1n) is 4.71. The van der Waals surface area contributed by atoms with Gasteiger partial charge in [0.2, 0.25) is 0 Å². The number of hydrogen-bond acceptors (Lipinski definition) is 2. The lowest BCUT2D eigenvalue weighted by Gasteiger charge is -2.07. The van der Waals surface area contributed by atoms with Crippen molar-refractivity contribution >= 4 is 15.9 Å². The standard InChI is InChI=1S/C10H13BrN2/c1-6(2)9-8(11)5-12-10(13-9)7-3-4-7/h5-7H,3-4H2,1-2H3. The van der Waals surface area contributed by atoms with Crippen LogP contribution in [-0.4, -0.2) is 9.97 Å². The predicted molar refractivity (Wildman–Crippen MR) is 55.8 cm³/mol. The Balaban J connectivity index is 2.36. The Kier molecular flexibility index (Phi) is 2.37. The molecule has 3 heteroatoms. The van der Waals surface area contributed by atoms with E-state index in [0.717, 1.165) is 16.0 Å². The van der Waals surface area contributed by atoms with Crippen molar-refractivity contribution in [2.75, 3.05) is 0 Å². The number of hydrogen-bond donors (Lipinski definition) is 0. The smallest absolute Gasteiger partial charge is 0.131 e. The molecule has 0 amide bonds. The highest BCUT2D eigenvalue weighted by Gasteiger charge is 2.27. The molecule has 0 saturated heterocycles. The number of halogens is 1. The Bertz CT molecular complexity index is 319. The minimum atomic E-state index is 0.467. The minimum absolute atomic E-state index is 0.467. The van der Waals surface area contributed by atoms with Crippen LogP contribution in [0, 0.1) is 0 Å². The molecule has 0 unspecified atom stereocenters. The summed E-state index contributed by atoms with van der Waals surface area (Å²) in [6, 6.07) is 0. The third kappa shape index (κ3) is 1.90. The first-order chi connectivity index (χ1) is 6.18. The van der Waals surface area contributed by atoms with Crippen LogP contribution in [0.15, 0.2) is 10.7 Å². The van der Waals surface area contributed by atoms with E-state index in [0.29, 0.717) is 11.8 Å². The van der Waals surface area contributed by atoms with Gasteiger partial charge in [0.05, 0.1) is 10.2 Å². The quantitative estimate of drug-likeness (QED) is 0.794. The van der Waals surface area contributed by atoms with Gasteiger partial charge in [-0.15, -0.1) is 0 Å². The molecule has 0 radical (unpaired) electrons. The molecule has 0 N–H and O–H groups in total. The van der Waals surface area contributed by atoms with Gasteiger partial charge >= 0.3 is 0 Å². The van der Waals surface area contributed by atoms with Crippen LogP contribution < -0.4 is 0 Å². The normalized spacial score (nSPS) is 16.6. The molecule has 2 nitrogen and oxygen atoms in total. The monoisotopic (exact) mass is 240 g/mol. The molecular formula is C10H13BrN2. The highest BCUT2D eigenvalue weighted by molar-refractivity contribution is 9.10. The first-order valence-corrected chi connectivity index (χ1v) is 5.50. The van der Waals surface area contributed by atoms with Gasteiger partial charge in [-0.2, -0.15) is 0 Å². The molecule has 1 aliphatic rings. The molecule has 1 heterocycles. The van der Waals surface area contributed by atoms with Crippen molar-refractivity contribution in [3.8, 4) is 0 Å². The van der Waals surface area contributed by atoms with Crippen molar-refractivity contribution in [1.82, 2.24) is 9.97 Å². The van der Waals surface area contributed by atoms with Gasteiger partial charge in [-0.25, -0.2) is 9.97 Å². The van der Waals surface area contributed by atoms with Crippen molar-refractivity contribution in [2.24, 2.45) is 0 Å². The zero-order chi connectivity index (χ0) is 9.42. The summed E-state index contributed by atoms with van der Waals surface area (Å²) in [5.41, 5.74) is 1.14. The second-order valence-electron chi connectivity index (χ2n) is 3.89. The molecule has 2 rings (SSSR count). The summed E-state index contributed by atoms with van der Waals surface area (Å²) in [5.74, 6) is 2.15. The molecule has 0 bridgehead atoms. The topological polar surface area (TPSA) is 25.8 Å². The van der Waals surface area contributed by atoms with Crippen LogP contribution in [0.4, 0.5) is 0 Å². The van der Waals surface area contributed by atoms with Gasteiger partial charge in [0.15, 0.2) is 0 Å². The third-order valence-electron chi connectivity index (χ3n) is 2.28. The third-order valence-corrected chi connectivity index (χ3v) is 2.89. The van der Waals surface area contributed by atoms with Crippen LogP contribution in [0.25, 0.3) is 0 Å². The van der Waals surface area contributed by atoms with Crippen molar-refractivity contribution in [1.29, 1.82) is 0 Å². The van der Waals surface area contributed by atoms with Crippen LogP contribution in [-0.2, 0) is 0 Å². The first kappa shape index (κ1) is 9.13. The average molecular weight is 241 g/mol. The summed E-state index contributed by atoms with van der Waals surface area (Å²) >= 11 is 3.48. The van der Waals surface area contributed by atoms with Gasteiger partial charge in [0, 0.05) is 12.1 Å². The molecule has 1 aromatic rings. The Morgan fingerprint density at radius 2 is 2.15 bits per heavy atom. The number of aromatic nitrogens is 2. The summed E-state index contributed by atoms with van der Waals surface area (Å²) in [6.45, 7) is 4.31. The second kappa shape index (κ2) is 3.37. The molecule has 0 aromatic carbocycles. The van der Waals surface area contributed by atoms with E-state index >= 15 is 0 Å². The van der Waals surface area contributed by atoms with E-state index in [9.17, 15) is 0 Å². The minimum Gasteiger partial charge on any atom is -0.240 e. The van der Waals surface area contributed by atoms with Crippen LogP contribution >= 0.6 is 15.9 Å². The van der Waals surface area contributed by atoms with Gasteiger partial charge in [-0.3, -0.25) is 0 Å². The lowest BCUT2D eigenvalue weighted by atomic mass is 10.1. The van der Waals surface area contributed by atoms with Gasteiger partial charge in [-0.05, 0) is 34.7 Å². The molecule has 70 valence electrons. The van der Waals surface area contributed by atoms with E-state index in [2.05, 4.69) is 39.7 Å². The van der Waals surface area contributed by atoms with Gasteiger partial charge in [-0.1, -0.05) is 13.8 Å². The van der Waals surface area contributed by atoms with Crippen LogP contribution in [0.3, 0.4) is 0 Å². The summed E-state index contributed by atoms with van der Waals surface area (Å²) in [7, 11) is 0. The lowest BCUT2D eigenvalue weighted by Crippen LogP contribution is -2.00. The molecule has 13 heavy (non-hydrogen) atoms. The maximum atomic E-state index is 4.58. The Morgan fingerprint density at radius 1 is 1.46 bits per heavy atom. The highest BCUT2D eigenvalue weighted by atomic mass is 79.9. The molecule has 1 aliphatic carbocycles. The van der Waals surface area contributed by atoms with Crippen LogP contribution in [0.1, 0.15) is 50.0 Å². The van der Waals surface area contributed by atoms with E-state index < -0.39 is 0 Å². The number of rotatable bonds is 2. The SMILES string of the molecule is CC(C)c1nc(C2CC2)ncc1Br. The summed E-state index contributed by atoms with van der Waals surface area (Å²) in [4.78, 5) is 8.90. The van der Waals surface area contributed by atoms with E-state index in [1.807, 2.05) is 6.20 Å². The zero-order valence-corrected chi connectivity index (χ0v) is 9.50. The molecule has 0 aliphatic heterocycles. The Labute approximate surface area is 86.9 Å². The second-order valence-corrected chi connectivity index (χ2v) is 4.74. The fourth-order valence-corrected chi connectivity index (χ4v) is 1.99. The largest absolute Gasteiger partial charge is 0.240 e. The molecule has 0 atom stereocenters. The maximum Gasteiger partial charge on any atom is 0.131 e. The van der Waals surface area contributed by atoms with Gasteiger partial charge in [0.25, 0.3) is 0 Å². The van der Waals surface area contributed by atoms with Gasteiger partial charge < -0.3 is 0 Å². The van der Waals surface area contributed by atoms with Crippen molar-refractivity contribution < 1.29 is 0 Å². The molecular weight excluding hydrogens is 228 g/mol. The molecule has 1 saturated carbocycles. The Morgan fingerprint density at radius 3 is 2.69 bits per heavy atom. The Hall–Kier alpha value is -0.440. The van der Waals surface area contributed by atoms with Crippen LogP contribution in [0.5, 0.6) is 0 Å². The van der Waals surface area contributed by atoms with E-state index in [-0.39, 0.29) is 0 Å². The molecule has 1 aromatic heterocycles. The molecule has 1 fully saturated rings. The fourth-order valence-electron chi connectivity index (χ4n) is 1.34. The summed E-state index contributed by atoms with van der Waals surface area (Å²) in [6.07, 6.45) is 4.41. The van der Waals surface area contributed by atoms with E-state index in [1.165, 1.54) is 12.8 Å². The maximum absolute atomic E-state index is 4.58. The highest BCUT2D eigenvalue weighted by Crippen LogP contribution is 2.38. The lowest BCUT2D eigenvalue weighted by molar-refractivity contribution is 0.775. The van der Waals surface area contributed by atoms with E-state index in [1.54, 1.807) is 0 Å². The van der Waals surface area contributed by atoms with Crippen molar-refractivity contribution in [3.05, 3.63) is 22.2 Å². The zero-order valence-electron chi connectivity index (χ0n) is 7.92. The average Bonchev–Trinajstić information content (AvgIpc) is 2.87.